The summed E-state index contributed by atoms with van der Waals surface area (Å²) in [4.78, 5) is 21.3. The SMILES string of the molecule is C[Si](C)(C)C(C(=O)O)C(O)CCC(=O)O. The summed E-state index contributed by atoms with van der Waals surface area (Å²) in [6.45, 7) is 5.53. The molecule has 2 atom stereocenters. The molecular formula is C9H18O5Si. The van der Waals surface area contributed by atoms with Crippen molar-refractivity contribution in [3.63, 3.8) is 0 Å². The van der Waals surface area contributed by atoms with E-state index in [4.69, 9.17) is 10.2 Å². The molecule has 0 saturated carbocycles. The number of carbonyl (C=O) groups is 2. The molecule has 0 aromatic rings. The van der Waals surface area contributed by atoms with Crippen LogP contribution in [-0.2, 0) is 9.59 Å². The maximum atomic E-state index is 11.0. The van der Waals surface area contributed by atoms with E-state index in [2.05, 4.69) is 0 Å². The van der Waals surface area contributed by atoms with Crippen molar-refractivity contribution < 1.29 is 24.9 Å². The van der Waals surface area contributed by atoms with Gasteiger partial charge in [0.05, 0.1) is 19.7 Å². The van der Waals surface area contributed by atoms with Crippen LogP contribution in [0.25, 0.3) is 0 Å². The molecule has 2 unspecified atom stereocenters. The Morgan fingerprint density at radius 3 is 1.93 bits per heavy atom. The van der Waals surface area contributed by atoms with E-state index in [-0.39, 0.29) is 12.8 Å². The Labute approximate surface area is 89.7 Å². The minimum absolute atomic E-state index is 0.00340. The number of hydrogen-bond acceptors (Lipinski definition) is 3. The highest BCUT2D eigenvalue weighted by Crippen LogP contribution is 2.28. The van der Waals surface area contributed by atoms with Gasteiger partial charge >= 0.3 is 11.9 Å². The predicted octanol–water partition coefficient (Wildman–Crippen LogP) is 1.01. The van der Waals surface area contributed by atoms with Gasteiger partial charge in [-0.25, -0.2) is 0 Å². The minimum atomic E-state index is -2.03. The summed E-state index contributed by atoms with van der Waals surface area (Å²) < 4.78 is 0. The average Bonchev–Trinajstić information content (AvgIpc) is 1.96. The molecule has 3 N–H and O–H groups in total. The van der Waals surface area contributed by atoms with Crippen LogP contribution < -0.4 is 0 Å². The Balaban J connectivity index is 4.51. The van der Waals surface area contributed by atoms with Crippen LogP contribution in [0.1, 0.15) is 12.8 Å². The third kappa shape index (κ3) is 4.94. The number of carboxylic acid groups (broad SMARTS) is 2. The average molecular weight is 234 g/mol. The Hall–Kier alpha value is -0.883. The molecule has 0 aromatic carbocycles. The van der Waals surface area contributed by atoms with Gasteiger partial charge < -0.3 is 15.3 Å². The molecule has 0 aliphatic carbocycles. The fourth-order valence-electron chi connectivity index (χ4n) is 1.55. The second-order valence-electron chi connectivity index (χ2n) is 4.68. The van der Waals surface area contributed by atoms with Crippen molar-refractivity contribution in [1.29, 1.82) is 0 Å². The summed E-state index contributed by atoms with van der Waals surface area (Å²) in [5.74, 6) is -2.05. The highest BCUT2D eigenvalue weighted by Gasteiger charge is 2.38. The zero-order valence-electron chi connectivity index (χ0n) is 9.23. The third-order valence-electron chi connectivity index (χ3n) is 2.24. The molecule has 0 aromatic heterocycles. The Morgan fingerprint density at radius 1 is 1.20 bits per heavy atom. The van der Waals surface area contributed by atoms with Crippen molar-refractivity contribution in [2.24, 2.45) is 0 Å². The Bertz CT molecular complexity index is 245. The van der Waals surface area contributed by atoms with Crippen molar-refractivity contribution in [3.05, 3.63) is 0 Å². The fraction of sp³-hybridized carbons (Fsp3) is 0.778. The quantitative estimate of drug-likeness (QED) is 0.596. The van der Waals surface area contributed by atoms with Gasteiger partial charge in [-0.15, -0.1) is 0 Å². The highest BCUT2D eigenvalue weighted by atomic mass is 28.3. The predicted molar refractivity (Wildman–Crippen MR) is 57.6 cm³/mol. The van der Waals surface area contributed by atoms with Crippen molar-refractivity contribution in [1.82, 2.24) is 0 Å². The van der Waals surface area contributed by atoms with E-state index >= 15 is 0 Å². The lowest BCUT2D eigenvalue weighted by atomic mass is 10.1. The first-order valence-electron chi connectivity index (χ1n) is 4.79. The van der Waals surface area contributed by atoms with Crippen molar-refractivity contribution in [2.75, 3.05) is 0 Å². The second-order valence-corrected chi connectivity index (χ2v) is 10.0. The van der Waals surface area contributed by atoms with Crippen LogP contribution in [0.3, 0.4) is 0 Å². The summed E-state index contributed by atoms with van der Waals surface area (Å²) >= 11 is 0. The van der Waals surface area contributed by atoms with E-state index in [0.29, 0.717) is 0 Å². The molecule has 0 aliphatic rings. The van der Waals surface area contributed by atoms with Gasteiger partial charge in [0.2, 0.25) is 0 Å². The van der Waals surface area contributed by atoms with Gasteiger partial charge in [0.1, 0.15) is 0 Å². The van der Waals surface area contributed by atoms with E-state index in [1.165, 1.54) is 0 Å². The fourth-order valence-corrected chi connectivity index (χ4v) is 3.61. The van der Waals surface area contributed by atoms with Crippen LogP contribution in [0, 0.1) is 0 Å². The maximum Gasteiger partial charge on any atom is 0.306 e. The molecule has 0 aliphatic heterocycles. The van der Waals surface area contributed by atoms with Crippen LogP contribution >= 0.6 is 0 Å². The minimum Gasteiger partial charge on any atom is -0.481 e. The van der Waals surface area contributed by atoms with E-state index in [9.17, 15) is 14.7 Å². The van der Waals surface area contributed by atoms with Crippen LogP contribution in [0.5, 0.6) is 0 Å². The second kappa shape index (κ2) is 5.27. The zero-order chi connectivity index (χ0) is 12.2. The number of rotatable bonds is 6. The van der Waals surface area contributed by atoms with Gasteiger partial charge in [-0.1, -0.05) is 19.6 Å². The Morgan fingerprint density at radius 2 is 1.67 bits per heavy atom. The first-order valence-corrected chi connectivity index (χ1v) is 8.36. The molecule has 0 amide bonds. The zero-order valence-corrected chi connectivity index (χ0v) is 10.2. The summed E-state index contributed by atoms with van der Waals surface area (Å²) in [6, 6.07) is 0. The highest BCUT2D eigenvalue weighted by molar-refractivity contribution is 6.80. The maximum absolute atomic E-state index is 11.0. The lowest BCUT2D eigenvalue weighted by Crippen LogP contribution is -2.41. The lowest BCUT2D eigenvalue weighted by molar-refractivity contribution is -0.141. The number of carboxylic acids is 2. The monoisotopic (exact) mass is 234 g/mol. The molecule has 0 bridgehead atoms. The smallest absolute Gasteiger partial charge is 0.306 e. The van der Waals surface area contributed by atoms with Crippen molar-refractivity contribution in [2.45, 2.75) is 44.1 Å². The summed E-state index contributed by atoms with van der Waals surface area (Å²) in [5.41, 5.74) is -0.808. The van der Waals surface area contributed by atoms with E-state index in [0.717, 1.165) is 0 Å². The number of aliphatic carboxylic acids is 2. The van der Waals surface area contributed by atoms with Crippen molar-refractivity contribution >= 4 is 20.0 Å². The van der Waals surface area contributed by atoms with Gasteiger partial charge in [0, 0.05) is 6.42 Å². The molecule has 6 heteroatoms. The van der Waals surface area contributed by atoms with Crippen molar-refractivity contribution in [3.8, 4) is 0 Å². The molecule has 88 valence electrons. The number of aliphatic hydroxyl groups is 1. The Kier molecular flexibility index (Phi) is 4.96. The molecule has 15 heavy (non-hydrogen) atoms. The summed E-state index contributed by atoms with van der Waals surface area (Å²) in [6.07, 6.45) is -1.27. The molecule has 0 fully saturated rings. The lowest BCUT2D eigenvalue weighted by Gasteiger charge is -2.29. The molecule has 0 heterocycles. The van der Waals surface area contributed by atoms with E-state index in [1.54, 1.807) is 0 Å². The normalized spacial score (nSPS) is 15.7. The van der Waals surface area contributed by atoms with Gasteiger partial charge in [-0.2, -0.15) is 0 Å². The molecule has 0 saturated heterocycles. The summed E-state index contributed by atoms with van der Waals surface area (Å²) in [5, 5.41) is 27.1. The van der Waals surface area contributed by atoms with Gasteiger partial charge in [-0.3, -0.25) is 9.59 Å². The molecule has 0 spiro atoms. The topological polar surface area (TPSA) is 94.8 Å². The first kappa shape index (κ1) is 14.1. The first-order chi connectivity index (χ1) is 6.66. The number of hydrogen-bond donors (Lipinski definition) is 3. The van der Waals surface area contributed by atoms with Crippen LogP contribution in [0.2, 0.25) is 25.2 Å². The van der Waals surface area contributed by atoms with Gasteiger partial charge in [0.15, 0.2) is 0 Å². The van der Waals surface area contributed by atoms with Gasteiger partial charge in [0.25, 0.3) is 0 Å². The van der Waals surface area contributed by atoms with Crippen LogP contribution in [-0.4, -0.2) is 41.4 Å². The third-order valence-corrected chi connectivity index (χ3v) is 4.74. The van der Waals surface area contributed by atoms with Crippen LogP contribution in [0.15, 0.2) is 0 Å². The van der Waals surface area contributed by atoms with Gasteiger partial charge in [-0.05, 0) is 6.42 Å². The summed E-state index contributed by atoms with van der Waals surface area (Å²) in [7, 11) is -2.03. The molecule has 0 rings (SSSR count). The van der Waals surface area contributed by atoms with E-state index < -0.39 is 31.7 Å². The van der Waals surface area contributed by atoms with Crippen LogP contribution in [0.4, 0.5) is 0 Å². The number of aliphatic hydroxyl groups excluding tert-OH is 1. The molecule has 5 nitrogen and oxygen atoms in total. The molecular weight excluding hydrogens is 216 g/mol. The molecule has 0 radical (unpaired) electrons. The largest absolute Gasteiger partial charge is 0.481 e. The standard InChI is InChI=1S/C9H18O5Si/c1-15(2,3)8(9(13)14)6(10)4-5-7(11)12/h6,8,10H,4-5H2,1-3H3,(H,11,12)(H,13,14). The van der Waals surface area contributed by atoms with E-state index in [1.807, 2.05) is 19.6 Å².